The average Bonchev–Trinajstić information content (AvgIpc) is 1.99. The molecule has 1 aliphatic heterocycles. The molecule has 2 heteroatoms. The second-order valence-electron chi connectivity index (χ2n) is 5.86. The van der Waals surface area contributed by atoms with Gasteiger partial charge in [-0.1, -0.05) is 13.8 Å². The second-order valence-corrected chi connectivity index (χ2v) is 5.86. The lowest BCUT2D eigenvalue weighted by atomic mass is 9.76. The molecule has 2 aliphatic rings. The van der Waals surface area contributed by atoms with E-state index in [4.69, 9.17) is 5.73 Å². The molecule has 82 valence electrons. The van der Waals surface area contributed by atoms with Crippen LogP contribution in [0.25, 0.3) is 0 Å². The molecule has 0 bridgehead atoms. The standard InChI is InChI=1S/C12H24N2/c1-10-6-11(2)8-14(7-10)9-12(13)4-3-5-12/h10-11H,3-9,13H2,1-2H3. The lowest BCUT2D eigenvalue weighted by Crippen LogP contribution is -2.57. The van der Waals surface area contributed by atoms with Crippen molar-refractivity contribution in [2.75, 3.05) is 19.6 Å². The summed E-state index contributed by atoms with van der Waals surface area (Å²) in [5.41, 5.74) is 6.46. The fourth-order valence-electron chi connectivity index (χ4n) is 3.16. The third kappa shape index (κ3) is 2.29. The maximum Gasteiger partial charge on any atom is 0.0283 e. The van der Waals surface area contributed by atoms with E-state index in [9.17, 15) is 0 Å². The van der Waals surface area contributed by atoms with Crippen LogP contribution in [0.3, 0.4) is 0 Å². The van der Waals surface area contributed by atoms with E-state index in [2.05, 4.69) is 18.7 Å². The second kappa shape index (κ2) is 3.82. The van der Waals surface area contributed by atoms with Crippen LogP contribution in [0.5, 0.6) is 0 Å². The van der Waals surface area contributed by atoms with Gasteiger partial charge in [0.15, 0.2) is 0 Å². The summed E-state index contributed by atoms with van der Waals surface area (Å²) in [5.74, 6) is 1.73. The zero-order chi connectivity index (χ0) is 10.2. The van der Waals surface area contributed by atoms with Gasteiger partial charge in [0, 0.05) is 25.2 Å². The van der Waals surface area contributed by atoms with E-state index in [1.165, 1.54) is 38.8 Å². The highest BCUT2D eigenvalue weighted by atomic mass is 15.2. The van der Waals surface area contributed by atoms with E-state index in [-0.39, 0.29) is 5.54 Å². The van der Waals surface area contributed by atoms with Crippen molar-refractivity contribution in [2.45, 2.75) is 45.1 Å². The van der Waals surface area contributed by atoms with Crippen molar-refractivity contribution in [1.29, 1.82) is 0 Å². The van der Waals surface area contributed by atoms with Crippen molar-refractivity contribution >= 4 is 0 Å². The van der Waals surface area contributed by atoms with Gasteiger partial charge in [-0.05, 0) is 37.5 Å². The Labute approximate surface area is 87.8 Å². The Balaban J connectivity index is 1.84. The van der Waals surface area contributed by atoms with Crippen LogP contribution in [0.2, 0.25) is 0 Å². The molecule has 1 saturated heterocycles. The molecule has 2 unspecified atom stereocenters. The summed E-state index contributed by atoms with van der Waals surface area (Å²) < 4.78 is 0. The predicted molar refractivity (Wildman–Crippen MR) is 60.2 cm³/mol. The van der Waals surface area contributed by atoms with Crippen molar-refractivity contribution < 1.29 is 0 Å². The summed E-state index contributed by atoms with van der Waals surface area (Å²) in [6.45, 7) is 8.41. The molecule has 0 aromatic rings. The molecular formula is C12H24N2. The van der Waals surface area contributed by atoms with Gasteiger partial charge in [0.1, 0.15) is 0 Å². The summed E-state index contributed by atoms with van der Waals surface area (Å²) in [5, 5.41) is 0. The van der Waals surface area contributed by atoms with E-state index >= 15 is 0 Å². The summed E-state index contributed by atoms with van der Waals surface area (Å²) in [6, 6.07) is 0. The molecule has 0 amide bonds. The summed E-state index contributed by atoms with van der Waals surface area (Å²) in [4.78, 5) is 2.60. The lowest BCUT2D eigenvalue weighted by Gasteiger charge is -2.45. The number of likely N-dealkylation sites (tertiary alicyclic amines) is 1. The fourth-order valence-corrected chi connectivity index (χ4v) is 3.16. The van der Waals surface area contributed by atoms with Gasteiger partial charge in [-0.15, -0.1) is 0 Å². The van der Waals surface area contributed by atoms with Crippen molar-refractivity contribution in [3.05, 3.63) is 0 Å². The average molecular weight is 196 g/mol. The first-order valence-electron chi connectivity index (χ1n) is 6.09. The van der Waals surface area contributed by atoms with Gasteiger partial charge >= 0.3 is 0 Å². The number of piperidine rings is 1. The molecule has 2 fully saturated rings. The quantitative estimate of drug-likeness (QED) is 0.730. The van der Waals surface area contributed by atoms with Crippen molar-refractivity contribution in [1.82, 2.24) is 4.90 Å². The van der Waals surface area contributed by atoms with Gasteiger partial charge in [0.25, 0.3) is 0 Å². The monoisotopic (exact) mass is 196 g/mol. The molecule has 1 saturated carbocycles. The minimum absolute atomic E-state index is 0.177. The van der Waals surface area contributed by atoms with Gasteiger partial charge in [-0.25, -0.2) is 0 Å². The zero-order valence-electron chi connectivity index (χ0n) is 9.63. The molecular weight excluding hydrogens is 172 g/mol. The molecule has 1 heterocycles. The molecule has 2 atom stereocenters. The van der Waals surface area contributed by atoms with Crippen LogP contribution in [-0.2, 0) is 0 Å². The first kappa shape index (κ1) is 10.4. The first-order valence-corrected chi connectivity index (χ1v) is 6.09. The maximum atomic E-state index is 6.28. The highest BCUT2D eigenvalue weighted by molar-refractivity contribution is 4.96. The molecule has 14 heavy (non-hydrogen) atoms. The Morgan fingerprint density at radius 2 is 1.79 bits per heavy atom. The molecule has 0 aromatic heterocycles. The Hall–Kier alpha value is -0.0800. The number of rotatable bonds is 2. The van der Waals surface area contributed by atoms with E-state index in [1.807, 2.05) is 0 Å². The fraction of sp³-hybridized carbons (Fsp3) is 1.00. The number of nitrogens with two attached hydrogens (primary N) is 1. The summed E-state index contributed by atoms with van der Waals surface area (Å²) in [7, 11) is 0. The van der Waals surface area contributed by atoms with Crippen LogP contribution in [0, 0.1) is 11.8 Å². The SMILES string of the molecule is CC1CC(C)CN(CC2(N)CCC2)C1. The zero-order valence-corrected chi connectivity index (χ0v) is 9.63. The molecule has 0 aromatic carbocycles. The van der Waals surface area contributed by atoms with Gasteiger partial charge in [0.2, 0.25) is 0 Å². The number of nitrogens with zero attached hydrogens (tertiary/aromatic N) is 1. The predicted octanol–water partition coefficient (Wildman–Crippen LogP) is 1.85. The van der Waals surface area contributed by atoms with Crippen LogP contribution >= 0.6 is 0 Å². The van der Waals surface area contributed by atoms with Crippen molar-refractivity contribution in [3.8, 4) is 0 Å². The minimum Gasteiger partial charge on any atom is -0.324 e. The van der Waals surface area contributed by atoms with E-state index in [1.54, 1.807) is 0 Å². The van der Waals surface area contributed by atoms with Gasteiger partial charge < -0.3 is 10.6 Å². The molecule has 0 radical (unpaired) electrons. The minimum atomic E-state index is 0.177. The van der Waals surface area contributed by atoms with E-state index < -0.39 is 0 Å². The molecule has 2 nitrogen and oxygen atoms in total. The largest absolute Gasteiger partial charge is 0.324 e. The van der Waals surface area contributed by atoms with E-state index in [0.29, 0.717) is 0 Å². The molecule has 0 spiro atoms. The van der Waals surface area contributed by atoms with Crippen molar-refractivity contribution in [3.63, 3.8) is 0 Å². The summed E-state index contributed by atoms with van der Waals surface area (Å²) in [6.07, 6.45) is 5.22. The maximum absolute atomic E-state index is 6.28. The van der Waals surface area contributed by atoms with Crippen LogP contribution in [-0.4, -0.2) is 30.1 Å². The van der Waals surface area contributed by atoms with Gasteiger partial charge in [-0.2, -0.15) is 0 Å². The summed E-state index contributed by atoms with van der Waals surface area (Å²) >= 11 is 0. The Bertz CT molecular complexity index is 188. The lowest BCUT2D eigenvalue weighted by molar-refractivity contribution is 0.0846. The number of hydrogen-bond donors (Lipinski definition) is 1. The van der Waals surface area contributed by atoms with Crippen LogP contribution in [0.4, 0.5) is 0 Å². The Morgan fingerprint density at radius 1 is 1.21 bits per heavy atom. The highest BCUT2D eigenvalue weighted by Crippen LogP contribution is 2.31. The molecule has 1 aliphatic carbocycles. The third-order valence-corrected chi connectivity index (χ3v) is 3.83. The van der Waals surface area contributed by atoms with E-state index in [0.717, 1.165) is 18.4 Å². The van der Waals surface area contributed by atoms with Crippen LogP contribution in [0.15, 0.2) is 0 Å². The highest BCUT2D eigenvalue weighted by Gasteiger charge is 2.35. The van der Waals surface area contributed by atoms with Gasteiger partial charge in [-0.3, -0.25) is 0 Å². The first-order chi connectivity index (χ1) is 6.57. The van der Waals surface area contributed by atoms with Crippen LogP contribution < -0.4 is 5.73 Å². The molecule has 2 rings (SSSR count). The Kier molecular flexibility index (Phi) is 2.85. The van der Waals surface area contributed by atoms with Crippen LogP contribution in [0.1, 0.15) is 39.5 Å². The van der Waals surface area contributed by atoms with Crippen molar-refractivity contribution in [2.24, 2.45) is 17.6 Å². The Morgan fingerprint density at radius 3 is 2.21 bits per heavy atom. The molecule has 2 N–H and O–H groups in total. The van der Waals surface area contributed by atoms with Gasteiger partial charge in [0.05, 0.1) is 0 Å². The normalized spacial score (nSPS) is 37.9. The number of hydrogen-bond acceptors (Lipinski definition) is 2. The topological polar surface area (TPSA) is 29.3 Å². The smallest absolute Gasteiger partial charge is 0.0283 e. The third-order valence-electron chi connectivity index (χ3n) is 3.83.